The number of carbonyl (C=O) groups is 1. The Kier molecular flexibility index (Phi) is 6.47. The lowest BCUT2D eigenvalue weighted by Crippen LogP contribution is -2.63. The van der Waals surface area contributed by atoms with Gasteiger partial charge in [0.15, 0.2) is 0 Å². The van der Waals surface area contributed by atoms with Gasteiger partial charge >= 0.3 is 12.1 Å². The van der Waals surface area contributed by atoms with Crippen LogP contribution in [0, 0.1) is 5.92 Å². The van der Waals surface area contributed by atoms with Gasteiger partial charge in [-0.3, -0.25) is 9.69 Å². The Hall–Kier alpha value is -1.60. The lowest BCUT2D eigenvalue weighted by atomic mass is 9.72. The Bertz CT molecular complexity index is 848. The van der Waals surface area contributed by atoms with Crippen LogP contribution in [0.1, 0.15) is 94.1 Å². The Balaban J connectivity index is 1.44. The number of benzene rings is 1. The van der Waals surface area contributed by atoms with E-state index in [1.165, 1.54) is 37.8 Å². The zero-order valence-corrected chi connectivity index (χ0v) is 19.8. The van der Waals surface area contributed by atoms with Crippen molar-refractivity contribution in [3.8, 4) is 0 Å². The molecule has 0 aromatic heterocycles. The second-order valence-electron chi connectivity index (χ2n) is 11.4. The van der Waals surface area contributed by atoms with Crippen molar-refractivity contribution in [1.29, 1.82) is 0 Å². The molecule has 0 radical (unpaired) electrons. The van der Waals surface area contributed by atoms with Crippen LogP contribution < -0.4 is 0 Å². The average Bonchev–Trinajstić information content (AvgIpc) is 3.42. The van der Waals surface area contributed by atoms with Gasteiger partial charge < -0.3 is 9.84 Å². The van der Waals surface area contributed by atoms with E-state index in [4.69, 9.17) is 4.74 Å². The molecule has 34 heavy (non-hydrogen) atoms. The summed E-state index contributed by atoms with van der Waals surface area (Å²) in [5.41, 5.74) is 0.0866. The molecule has 0 bridgehead atoms. The summed E-state index contributed by atoms with van der Waals surface area (Å²) < 4.78 is 46.5. The molecule has 1 heterocycles. The summed E-state index contributed by atoms with van der Waals surface area (Å²) in [5.74, 6) is -0.700. The Morgan fingerprint density at radius 1 is 0.971 bits per heavy atom. The van der Waals surface area contributed by atoms with Crippen molar-refractivity contribution in [2.75, 3.05) is 13.1 Å². The summed E-state index contributed by atoms with van der Waals surface area (Å²) in [4.78, 5) is 14.0. The van der Waals surface area contributed by atoms with Gasteiger partial charge in [-0.1, -0.05) is 37.8 Å². The van der Waals surface area contributed by atoms with Crippen LogP contribution in [-0.4, -0.2) is 46.3 Å². The Morgan fingerprint density at radius 2 is 1.53 bits per heavy atom. The molecule has 5 rings (SSSR count). The molecule has 4 nitrogen and oxygen atoms in total. The quantitative estimate of drug-likeness (QED) is 0.544. The first kappa shape index (κ1) is 24.1. The zero-order valence-electron chi connectivity index (χ0n) is 19.8. The van der Waals surface area contributed by atoms with Gasteiger partial charge in [-0.15, -0.1) is 0 Å². The minimum absolute atomic E-state index is 0.0374. The van der Waals surface area contributed by atoms with Gasteiger partial charge in [0.05, 0.1) is 16.8 Å². The molecule has 3 aliphatic carbocycles. The number of hydrogen-bond acceptors (Lipinski definition) is 3. The number of morpholine rings is 1. The van der Waals surface area contributed by atoms with Gasteiger partial charge in [-0.05, 0) is 74.5 Å². The predicted molar refractivity (Wildman–Crippen MR) is 123 cm³/mol. The number of ether oxygens (including phenoxy) is 1. The van der Waals surface area contributed by atoms with Crippen LogP contribution in [0.25, 0.3) is 0 Å². The fraction of sp³-hybridized carbons (Fsp3) is 0.741. The summed E-state index contributed by atoms with van der Waals surface area (Å²) in [6.45, 7) is 1.78. The monoisotopic (exact) mass is 479 g/mol. The zero-order chi connectivity index (χ0) is 24.0. The molecule has 0 amide bonds. The van der Waals surface area contributed by atoms with E-state index in [0.717, 1.165) is 57.2 Å². The van der Waals surface area contributed by atoms with Gasteiger partial charge in [0.2, 0.25) is 0 Å². The molecule has 0 unspecified atom stereocenters. The average molecular weight is 480 g/mol. The van der Waals surface area contributed by atoms with Gasteiger partial charge in [-0.25, -0.2) is 0 Å². The third-order valence-electron chi connectivity index (χ3n) is 8.97. The summed E-state index contributed by atoms with van der Waals surface area (Å²) in [6.07, 6.45) is 7.33. The second-order valence-corrected chi connectivity index (χ2v) is 11.4. The van der Waals surface area contributed by atoms with Crippen molar-refractivity contribution < 1.29 is 27.8 Å². The number of hydrogen-bond donors (Lipinski definition) is 1. The van der Waals surface area contributed by atoms with Crippen LogP contribution in [0.3, 0.4) is 0 Å². The highest BCUT2D eigenvalue weighted by Gasteiger charge is 2.53. The molecule has 3 atom stereocenters. The van der Waals surface area contributed by atoms with E-state index in [0.29, 0.717) is 6.42 Å². The summed E-state index contributed by atoms with van der Waals surface area (Å²) in [6, 6.07) is 5.83. The topological polar surface area (TPSA) is 49.8 Å². The largest absolute Gasteiger partial charge is 0.481 e. The molecule has 1 saturated heterocycles. The molecule has 2 spiro atoms. The van der Waals surface area contributed by atoms with E-state index in [9.17, 15) is 23.1 Å². The van der Waals surface area contributed by atoms with Crippen LogP contribution >= 0.6 is 0 Å². The maximum Gasteiger partial charge on any atom is 0.416 e. The first-order valence-corrected chi connectivity index (χ1v) is 13.0. The number of alkyl halides is 3. The van der Waals surface area contributed by atoms with E-state index in [1.807, 2.05) is 0 Å². The van der Waals surface area contributed by atoms with E-state index in [2.05, 4.69) is 4.90 Å². The van der Waals surface area contributed by atoms with E-state index < -0.39 is 17.7 Å². The SMILES string of the molecule is O=C(O)C[C@@H]1CC[C@@H](N2CC3(CCCC3)OC3(CCCC3)C2)[C@H](c2ccc(C(F)(F)F)cc2)C1. The fourth-order valence-electron chi connectivity index (χ4n) is 7.50. The van der Waals surface area contributed by atoms with Crippen LogP contribution in [0.2, 0.25) is 0 Å². The molecule has 3 saturated carbocycles. The molecule has 1 aliphatic heterocycles. The first-order chi connectivity index (χ1) is 16.2. The first-order valence-electron chi connectivity index (χ1n) is 13.0. The number of aliphatic carboxylic acids is 1. The normalized spacial score (nSPS) is 31.3. The Morgan fingerprint density at radius 3 is 2.03 bits per heavy atom. The summed E-state index contributed by atoms with van der Waals surface area (Å²) >= 11 is 0. The van der Waals surface area contributed by atoms with Crippen molar-refractivity contribution in [2.45, 2.75) is 106 Å². The van der Waals surface area contributed by atoms with E-state index >= 15 is 0 Å². The van der Waals surface area contributed by atoms with Gasteiger partial charge in [0.25, 0.3) is 0 Å². The minimum Gasteiger partial charge on any atom is -0.481 e. The fourth-order valence-corrected chi connectivity index (χ4v) is 7.50. The van der Waals surface area contributed by atoms with Gasteiger partial charge in [0, 0.05) is 25.6 Å². The second kappa shape index (κ2) is 9.12. The van der Waals surface area contributed by atoms with Crippen molar-refractivity contribution in [1.82, 2.24) is 4.90 Å². The maximum atomic E-state index is 13.2. The van der Waals surface area contributed by atoms with E-state index in [-0.39, 0.29) is 35.5 Å². The van der Waals surface area contributed by atoms with Gasteiger partial charge in [-0.2, -0.15) is 13.2 Å². The van der Waals surface area contributed by atoms with Gasteiger partial charge in [0.1, 0.15) is 0 Å². The van der Waals surface area contributed by atoms with Crippen LogP contribution in [-0.2, 0) is 15.7 Å². The van der Waals surface area contributed by atoms with E-state index in [1.54, 1.807) is 12.1 Å². The molecule has 1 N–H and O–H groups in total. The molecular formula is C27H36F3NO3. The lowest BCUT2D eigenvalue weighted by Gasteiger charge is -2.55. The third-order valence-corrected chi connectivity index (χ3v) is 8.97. The Labute approximate surface area is 199 Å². The molecule has 4 fully saturated rings. The molecule has 7 heteroatoms. The highest BCUT2D eigenvalue weighted by atomic mass is 19.4. The minimum atomic E-state index is -4.36. The summed E-state index contributed by atoms with van der Waals surface area (Å²) in [7, 11) is 0. The lowest BCUT2D eigenvalue weighted by molar-refractivity contribution is -0.215. The highest BCUT2D eigenvalue weighted by Crippen LogP contribution is 2.50. The number of carboxylic acid groups (broad SMARTS) is 1. The highest BCUT2D eigenvalue weighted by molar-refractivity contribution is 5.67. The molecule has 1 aromatic rings. The number of nitrogens with zero attached hydrogens (tertiary/aromatic N) is 1. The number of halogens is 3. The predicted octanol–water partition coefficient (Wildman–Crippen LogP) is 6.39. The molecule has 4 aliphatic rings. The molecule has 1 aromatic carbocycles. The van der Waals surface area contributed by atoms with Crippen molar-refractivity contribution in [2.24, 2.45) is 5.92 Å². The third kappa shape index (κ3) is 4.88. The molecular weight excluding hydrogens is 443 g/mol. The smallest absolute Gasteiger partial charge is 0.416 e. The van der Waals surface area contributed by atoms with Crippen LogP contribution in [0.15, 0.2) is 24.3 Å². The standard InChI is InChI=1S/C27H36F3NO3/c28-27(29,30)21-8-6-20(7-9-21)22-15-19(16-24(32)33)5-10-23(22)31-17-25(11-1-2-12-25)34-26(18-31)13-3-4-14-26/h6-9,19,22-23H,1-5,10-18H2,(H,32,33)/t19-,22+,23-/m1/s1. The maximum absolute atomic E-state index is 13.2. The van der Waals surface area contributed by atoms with Crippen molar-refractivity contribution >= 4 is 5.97 Å². The summed E-state index contributed by atoms with van der Waals surface area (Å²) in [5, 5.41) is 9.39. The van der Waals surface area contributed by atoms with Crippen LogP contribution in [0.5, 0.6) is 0 Å². The number of carboxylic acids is 1. The van der Waals surface area contributed by atoms with Crippen LogP contribution in [0.4, 0.5) is 13.2 Å². The molecule has 188 valence electrons. The van der Waals surface area contributed by atoms with Crippen molar-refractivity contribution in [3.63, 3.8) is 0 Å². The van der Waals surface area contributed by atoms with Crippen molar-refractivity contribution in [3.05, 3.63) is 35.4 Å². The number of rotatable bonds is 4.